The third kappa shape index (κ3) is 6.85. The number of urea groups is 1. The lowest BCUT2D eigenvalue weighted by molar-refractivity contribution is -0.117. The Balaban J connectivity index is 1.10. The highest BCUT2D eigenvalue weighted by Gasteiger charge is 2.25. The maximum absolute atomic E-state index is 13.2. The van der Waals surface area contributed by atoms with Crippen molar-refractivity contribution >= 4 is 58.6 Å². The number of benzene rings is 1. The van der Waals surface area contributed by atoms with E-state index in [4.69, 9.17) is 11.6 Å². The minimum atomic E-state index is -0.138. The third-order valence-corrected chi connectivity index (χ3v) is 8.02. The van der Waals surface area contributed by atoms with Crippen LogP contribution in [0.3, 0.4) is 0 Å². The van der Waals surface area contributed by atoms with E-state index in [1.165, 1.54) is 0 Å². The maximum atomic E-state index is 13.2. The summed E-state index contributed by atoms with van der Waals surface area (Å²) in [7, 11) is 0. The molecule has 0 aliphatic carbocycles. The van der Waals surface area contributed by atoms with Crippen molar-refractivity contribution in [3.8, 4) is 0 Å². The Morgan fingerprint density at radius 2 is 1.95 bits per heavy atom. The number of rotatable bonds is 4. The SMILES string of the molecule is O=C(CC1CCN(C(=O)Nc2cccnc2)CC1)Nc1ccc2cc1CCC1C=NC=C(C1)Nc1ncc(Cl)c(n1)N2. The molecule has 3 aliphatic rings. The first-order chi connectivity index (χ1) is 20.5. The molecular weight excluding hydrogens is 554 g/mol. The van der Waals surface area contributed by atoms with Crippen LogP contribution in [-0.4, -0.2) is 51.1 Å². The second kappa shape index (κ2) is 12.6. The van der Waals surface area contributed by atoms with Gasteiger partial charge in [-0.15, -0.1) is 0 Å². The fraction of sp³-hybridized carbons (Fsp3) is 0.333. The highest BCUT2D eigenvalue weighted by Crippen LogP contribution is 2.31. The number of amides is 3. The van der Waals surface area contributed by atoms with E-state index in [0.29, 0.717) is 42.0 Å². The molecule has 1 saturated heterocycles. The lowest BCUT2D eigenvalue weighted by Crippen LogP contribution is -2.41. The molecule has 3 aliphatic heterocycles. The van der Waals surface area contributed by atoms with Crippen molar-refractivity contribution in [2.75, 3.05) is 34.4 Å². The summed E-state index contributed by atoms with van der Waals surface area (Å²) < 4.78 is 0. The van der Waals surface area contributed by atoms with Crippen molar-refractivity contribution in [1.29, 1.82) is 0 Å². The van der Waals surface area contributed by atoms with Gasteiger partial charge in [0.2, 0.25) is 11.9 Å². The van der Waals surface area contributed by atoms with Gasteiger partial charge in [-0.2, -0.15) is 4.98 Å². The highest BCUT2D eigenvalue weighted by molar-refractivity contribution is 6.32. The van der Waals surface area contributed by atoms with Crippen molar-refractivity contribution in [3.05, 3.63) is 71.4 Å². The average molecular weight is 586 g/mol. The van der Waals surface area contributed by atoms with Gasteiger partial charge in [-0.1, -0.05) is 11.6 Å². The number of carbonyl (C=O) groups is 2. The molecular formula is C30H32ClN9O2. The van der Waals surface area contributed by atoms with Gasteiger partial charge < -0.3 is 26.2 Å². The predicted octanol–water partition coefficient (Wildman–Crippen LogP) is 5.83. The standard InChI is InChI=1S/C30H32ClN9O2/c31-25-18-34-29-36-24-12-20(15-33-17-24)3-4-21-14-22(35-28(25)39-29)5-6-26(21)38-27(41)13-19-7-10-40(11-8-19)30(42)37-23-2-1-9-32-16-23/h1-2,5-6,9,14-20H,3-4,7-8,10-13H2,(H,37,42)(H,38,41)(H2,34,35,36,39). The molecule has 6 rings (SSSR count). The molecule has 42 heavy (non-hydrogen) atoms. The zero-order chi connectivity index (χ0) is 28.9. The molecule has 5 heterocycles. The van der Waals surface area contributed by atoms with Gasteiger partial charge in [0.05, 0.1) is 18.1 Å². The zero-order valence-electron chi connectivity index (χ0n) is 23.0. The molecule has 4 N–H and O–H groups in total. The summed E-state index contributed by atoms with van der Waals surface area (Å²) >= 11 is 6.39. The number of allylic oxidation sites excluding steroid dienone is 1. The summed E-state index contributed by atoms with van der Waals surface area (Å²) in [6, 6.07) is 9.33. The topological polar surface area (TPSA) is 137 Å². The van der Waals surface area contributed by atoms with Crippen LogP contribution in [0.25, 0.3) is 0 Å². The van der Waals surface area contributed by atoms with E-state index in [-0.39, 0.29) is 23.8 Å². The molecule has 0 spiro atoms. The molecule has 0 saturated carbocycles. The van der Waals surface area contributed by atoms with Crippen molar-refractivity contribution in [1.82, 2.24) is 19.9 Å². The normalized spacial score (nSPS) is 18.3. The minimum Gasteiger partial charge on any atom is -0.339 e. The minimum absolute atomic E-state index is 0.0229. The summed E-state index contributed by atoms with van der Waals surface area (Å²) in [6.45, 7) is 1.22. The van der Waals surface area contributed by atoms with Crippen LogP contribution in [0, 0.1) is 11.8 Å². The maximum Gasteiger partial charge on any atom is 0.321 e. The fourth-order valence-electron chi connectivity index (χ4n) is 5.48. The molecule has 3 amide bonds. The van der Waals surface area contributed by atoms with Gasteiger partial charge in [0.25, 0.3) is 0 Å². The summed E-state index contributed by atoms with van der Waals surface area (Å²) in [6.07, 6.45) is 13.0. The number of aromatic nitrogens is 3. The number of nitrogens with zero attached hydrogens (tertiary/aromatic N) is 5. The molecule has 11 nitrogen and oxygen atoms in total. The number of halogens is 1. The summed E-state index contributed by atoms with van der Waals surface area (Å²) in [5.41, 5.74) is 4.25. The molecule has 2 aromatic heterocycles. The largest absolute Gasteiger partial charge is 0.339 e. The van der Waals surface area contributed by atoms with E-state index in [1.54, 1.807) is 35.8 Å². The number of pyridine rings is 1. The fourth-order valence-corrected chi connectivity index (χ4v) is 5.62. The van der Waals surface area contributed by atoms with Crippen LogP contribution < -0.4 is 21.3 Å². The van der Waals surface area contributed by atoms with Gasteiger partial charge in [-0.05, 0) is 73.9 Å². The van der Waals surface area contributed by atoms with Crippen molar-refractivity contribution < 1.29 is 9.59 Å². The van der Waals surface area contributed by atoms with Crippen LogP contribution in [0.4, 0.5) is 33.6 Å². The second-order valence-corrected chi connectivity index (χ2v) is 11.2. The molecule has 1 atom stereocenters. The van der Waals surface area contributed by atoms with Crippen molar-refractivity contribution in [3.63, 3.8) is 0 Å². The number of aliphatic imine (C=N–C) groups is 1. The van der Waals surface area contributed by atoms with Gasteiger partial charge in [-0.3, -0.25) is 14.8 Å². The number of likely N-dealkylation sites (tertiary alicyclic amines) is 1. The third-order valence-electron chi connectivity index (χ3n) is 7.74. The van der Waals surface area contributed by atoms with Gasteiger partial charge in [0.1, 0.15) is 5.02 Å². The predicted molar refractivity (Wildman–Crippen MR) is 164 cm³/mol. The monoisotopic (exact) mass is 585 g/mol. The number of nitrogens with one attached hydrogen (secondary N) is 4. The lowest BCUT2D eigenvalue weighted by atomic mass is 9.92. The van der Waals surface area contributed by atoms with Crippen LogP contribution in [0.5, 0.6) is 0 Å². The van der Waals surface area contributed by atoms with E-state index >= 15 is 0 Å². The Kier molecular flexibility index (Phi) is 8.27. The summed E-state index contributed by atoms with van der Waals surface area (Å²) in [5.74, 6) is 1.38. The van der Waals surface area contributed by atoms with Crippen LogP contribution in [0.1, 0.15) is 37.7 Å². The number of carbonyl (C=O) groups excluding carboxylic acids is 2. The molecule has 0 radical (unpaired) electrons. The summed E-state index contributed by atoms with van der Waals surface area (Å²) in [4.78, 5) is 44.9. The number of fused-ring (bicyclic) bond motifs is 6. The smallest absolute Gasteiger partial charge is 0.321 e. The Hall–Kier alpha value is -4.51. The van der Waals surface area contributed by atoms with E-state index in [2.05, 4.69) is 41.2 Å². The molecule has 1 unspecified atom stereocenters. The van der Waals surface area contributed by atoms with Gasteiger partial charge >= 0.3 is 6.03 Å². The first-order valence-corrected chi connectivity index (χ1v) is 14.5. The van der Waals surface area contributed by atoms with Gasteiger partial charge in [0, 0.05) is 61.1 Å². The van der Waals surface area contributed by atoms with Crippen LogP contribution in [0.2, 0.25) is 5.02 Å². The Morgan fingerprint density at radius 3 is 2.79 bits per heavy atom. The number of anilines is 5. The highest BCUT2D eigenvalue weighted by atomic mass is 35.5. The average Bonchev–Trinajstić information content (AvgIpc) is 3.00. The summed E-state index contributed by atoms with van der Waals surface area (Å²) in [5, 5.41) is 13.0. The van der Waals surface area contributed by atoms with Gasteiger partial charge in [0.15, 0.2) is 5.82 Å². The molecule has 12 heteroatoms. The van der Waals surface area contributed by atoms with Crippen LogP contribution in [-0.2, 0) is 11.2 Å². The van der Waals surface area contributed by atoms with Gasteiger partial charge in [-0.25, -0.2) is 9.78 Å². The van der Waals surface area contributed by atoms with Crippen molar-refractivity contribution in [2.45, 2.75) is 38.5 Å². The second-order valence-electron chi connectivity index (χ2n) is 10.8. The Bertz CT molecular complexity index is 1520. The quantitative estimate of drug-likeness (QED) is 0.302. The number of piperidine rings is 1. The van der Waals surface area contributed by atoms with E-state index < -0.39 is 0 Å². The number of hydrogen-bond acceptors (Lipinski definition) is 8. The first kappa shape index (κ1) is 27.6. The first-order valence-electron chi connectivity index (χ1n) is 14.2. The number of hydrogen-bond donors (Lipinski definition) is 4. The Morgan fingerprint density at radius 1 is 1.07 bits per heavy atom. The van der Waals surface area contributed by atoms with E-state index in [9.17, 15) is 9.59 Å². The van der Waals surface area contributed by atoms with E-state index in [0.717, 1.165) is 54.7 Å². The molecule has 3 aromatic rings. The zero-order valence-corrected chi connectivity index (χ0v) is 23.8. The van der Waals surface area contributed by atoms with Crippen LogP contribution >= 0.6 is 11.6 Å². The molecule has 1 fully saturated rings. The van der Waals surface area contributed by atoms with Crippen LogP contribution in [0.15, 0.2) is 65.8 Å². The molecule has 1 aromatic carbocycles. The van der Waals surface area contributed by atoms with E-state index in [1.807, 2.05) is 30.5 Å². The lowest BCUT2D eigenvalue weighted by Gasteiger charge is -2.31. The Labute approximate surface area is 248 Å². The molecule has 216 valence electrons. The number of aryl methyl sites for hydroxylation is 1. The van der Waals surface area contributed by atoms with Crippen molar-refractivity contribution in [2.24, 2.45) is 16.8 Å². The molecule has 6 bridgehead atoms.